The van der Waals surface area contributed by atoms with E-state index >= 15 is 0 Å². The number of hydrogen-bond donors (Lipinski definition) is 7. The van der Waals surface area contributed by atoms with E-state index in [2.05, 4.69) is 10.6 Å². The average molecular weight is 457 g/mol. The summed E-state index contributed by atoms with van der Waals surface area (Å²) in [5.41, 5.74) is 10.0. The number of amides is 2. The molecule has 2 atom stereocenters. The molecule has 0 heterocycles. The number of carboxylic acids is 2. The molecular weight excluding hydrogens is 434 g/mol. The zero-order valence-corrected chi connectivity index (χ0v) is 17.3. The summed E-state index contributed by atoms with van der Waals surface area (Å²) >= 11 is 0.183. The molecular formula is C17H23N5O8S. The van der Waals surface area contributed by atoms with E-state index < -0.39 is 53.0 Å². The molecule has 0 bridgehead atoms. The summed E-state index contributed by atoms with van der Waals surface area (Å²) in [5, 5.41) is 34.3. The van der Waals surface area contributed by atoms with Gasteiger partial charge in [0.05, 0.1) is 22.4 Å². The number of nitrogens with zero attached hydrogens (tertiary/aromatic N) is 1. The van der Waals surface area contributed by atoms with Crippen LogP contribution >= 0.6 is 11.4 Å². The van der Waals surface area contributed by atoms with Crippen molar-refractivity contribution < 1.29 is 34.3 Å². The molecule has 0 spiro atoms. The number of nitro benzene ring substituents is 1. The molecule has 0 aliphatic heterocycles. The van der Waals surface area contributed by atoms with Crippen LogP contribution in [0.2, 0.25) is 0 Å². The minimum Gasteiger partial charge on any atom is -0.480 e. The summed E-state index contributed by atoms with van der Waals surface area (Å²) in [6.07, 6.45) is -0.294. The molecule has 1 rings (SSSR count). The Hall–Kier alpha value is -3.36. The third-order valence-electron chi connectivity index (χ3n) is 3.91. The molecule has 0 radical (unpaired) electrons. The van der Waals surface area contributed by atoms with Crippen LogP contribution in [0.15, 0.2) is 23.1 Å². The van der Waals surface area contributed by atoms with Gasteiger partial charge in [0.1, 0.15) is 6.04 Å². The second-order valence-corrected chi connectivity index (χ2v) is 7.53. The fourth-order valence-corrected chi connectivity index (χ4v) is 3.38. The summed E-state index contributed by atoms with van der Waals surface area (Å²) in [4.78, 5) is 56.1. The molecule has 2 amide bonds. The van der Waals surface area contributed by atoms with Crippen LogP contribution in [0.5, 0.6) is 0 Å². The van der Waals surface area contributed by atoms with Crippen LogP contribution in [0, 0.1) is 10.1 Å². The van der Waals surface area contributed by atoms with Gasteiger partial charge < -0.3 is 27.0 Å². The highest BCUT2D eigenvalue weighted by atomic mass is 32.1. The fraction of sp³-hybridized carbons (Fsp3) is 0.353. The molecule has 0 fully saturated rings. The van der Waals surface area contributed by atoms with E-state index in [1.165, 1.54) is 19.1 Å². The maximum atomic E-state index is 12.1. The van der Waals surface area contributed by atoms with Crippen LogP contribution in [0.3, 0.4) is 0 Å². The maximum Gasteiger partial charge on any atom is 0.320 e. The molecule has 0 aliphatic rings. The number of benzene rings is 1. The molecule has 1 aromatic carbocycles. The highest BCUT2D eigenvalue weighted by Gasteiger charge is 2.20. The Balaban J connectivity index is 3.15. The van der Waals surface area contributed by atoms with E-state index in [1.54, 1.807) is 0 Å². The number of aliphatic carboxylic acids is 2. The summed E-state index contributed by atoms with van der Waals surface area (Å²) in [5.74, 6) is -3.83. The van der Waals surface area contributed by atoms with Gasteiger partial charge in [-0.2, -0.15) is 0 Å². The lowest BCUT2D eigenvalue weighted by Gasteiger charge is -2.19. The minimum absolute atomic E-state index is 0.0678. The minimum atomic E-state index is -1.25. The Labute approximate surface area is 179 Å². The van der Waals surface area contributed by atoms with Crippen molar-refractivity contribution >= 4 is 45.8 Å². The van der Waals surface area contributed by atoms with Gasteiger partial charge in [0, 0.05) is 23.0 Å². The van der Waals surface area contributed by atoms with Crippen molar-refractivity contribution in [3.63, 3.8) is 0 Å². The van der Waals surface area contributed by atoms with Crippen molar-refractivity contribution in [2.24, 2.45) is 11.5 Å². The zero-order chi connectivity index (χ0) is 23.7. The number of rotatable bonds is 11. The number of nitrogens with one attached hydrogen (secondary N) is 2. The van der Waals surface area contributed by atoms with Crippen molar-refractivity contribution in [2.75, 3.05) is 6.54 Å². The van der Waals surface area contributed by atoms with E-state index in [1.807, 2.05) is 0 Å². The highest BCUT2D eigenvalue weighted by molar-refractivity contribution is 7.99. The molecule has 0 saturated carbocycles. The summed E-state index contributed by atoms with van der Waals surface area (Å²) < 4.78 is 0. The number of hydrogen-bond acceptors (Lipinski definition) is 7. The van der Waals surface area contributed by atoms with Gasteiger partial charge in [-0.05, 0) is 25.5 Å². The largest absolute Gasteiger partial charge is 0.480 e. The normalized spacial score (nSPS) is 13.4. The topological polar surface area (TPSA) is 228 Å². The second kappa shape index (κ2) is 11.7. The maximum absolute atomic E-state index is 12.1. The lowest BCUT2D eigenvalue weighted by molar-refractivity contribution is -0.387. The summed E-state index contributed by atoms with van der Waals surface area (Å²) in [6.45, 7) is 1.01. The predicted octanol–water partition coefficient (Wildman–Crippen LogP) is -0.981. The Morgan fingerprint density at radius 1 is 1.26 bits per heavy atom. The van der Waals surface area contributed by atoms with Crippen LogP contribution in [-0.2, 0) is 14.4 Å². The highest BCUT2D eigenvalue weighted by Crippen LogP contribution is 2.27. The standard InChI is InChI=1S/C17H23N5O8S/c1-8(21-13(23)5-3-10(18)17(27)28)16(20-7-14(24)25)31-12-4-2-9(15(19)26)6-11(12)22(29)30/h2,4,6,8,10,20,31H,3,5,7,18H2,1H3,(H2,19,26)(H,21,23)(H,24,25)(H,27,28)/t8?,10-/m0/s1. The van der Waals surface area contributed by atoms with Crippen molar-refractivity contribution in [1.82, 2.24) is 10.6 Å². The molecule has 0 aliphatic carbocycles. The van der Waals surface area contributed by atoms with E-state index in [4.69, 9.17) is 21.7 Å². The first kappa shape index (κ1) is 25.7. The van der Waals surface area contributed by atoms with Gasteiger partial charge in [-0.25, -0.2) is 0 Å². The summed E-state index contributed by atoms with van der Waals surface area (Å²) in [6, 6.07) is 1.63. The van der Waals surface area contributed by atoms with E-state index in [-0.39, 0.29) is 39.6 Å². The number of nitrogens with two attached hydrogens (primary N) is 2. The Kier molecular flexibility index (Phi) is 9.72. The van der Waals surface area contributed by atoms with E-state index in [0.29, 0.717) is 0 Å². The second-order valence-electron chi connectivity index (χ2n) is 6.34. The van der Waals surface area contributed by atoms with E-state index in [9.17, 15) is 29.3 Å². The number of primary amides is 1. The molecule has 13 nitrogen and oxygen atoms in total. The van der Waals surface area contributed by atoms with Crippen LogP contribution in [0.25, 0.3) is 0 Å². The van der Waals surface area contributed by atoms with Gasteiger partial charge in [-0.1, -0.05) is 0 Å². The van der Waals surface area contributed by atoms with Crippen LogP contribution in [-0.4, -0.2) is 62.5 Å². The lowest BCUT2D eigenvalue weighted by atomic mass is 10.1. The van der Waals surface area contributed by atoms with Crippen LogP contribution in [0.1, 0.15) is 30.1 Å². The monoisotopic (exact) mass is 457 g/mol. The molecule has 14 heteroatoms. The van der Waals surface area contributed by atoms with Crippen molar-refractivity contribution in [2.45, 2.75) is 36.7 Å². The van der Waals surface area contributed by atoms with Gasteiger partial charge in [-0.3, -0.25) is 34.6 Å². The van der Waals surface area contributed by atoms with Crippen molar-refractivity contribution in [3.8, 4) is 0 Å². The Morgan fingerprint density at radius 2 is 1.90 bits per heavy atom. The van der Waals surface area contributed by atoms with Gasteiger partial charge in [0.15, 0.2) is 0 Å². The first-order valence-electron chi connectivity index (χ1n) is 8.82. The molecule has 0 aromatic heterocycles. The predicted molar refractivity (Wildman–Crippen MR) is 112 cm³/mol. The first-order valence-corrected chi connectivity index (χ1v) is 9.72. The number of nitro groups is 1. The smallest absolute Gasteiger partial charge is 0.320 e. The van der Waals surface area contributed by atoms with Gasteiger partial charge in [-0.15, -0.1) is 11.4 Å². The summed E-state index contributed by atoms with van der Waals surface area (Å²) in [7, 11) is 0. The average Bonchev–Trinajstić information content (AvgIpc) is 2.68. The Bertz CT molecular complexity index is 920. The number of carboxylic acid groups (broad SMARTS) is 2. The van der Waals surface area contributed by atoms with Gasteiger partial charge in [0.2, 0.25) is 11.8 Å². The molecule has 0 saturated heterocycles. The molecule has 1 unspecified atom stereocenters. The van der Waals surface area contributed by atoms with Gasteiger partial charge in [0.25, 0.3) is 5.69 Å². The third-order valence-corrected chi connectivity index (χ3v) is 5.31. The third kappa shape index (κ3) is 8.49. The Morgan fingerprint density at radius 3 is 2.42 bits per heavy atom. The van der Waals surface area contributed by atoms with Crippen molar-refractivity contribution in [3.05, 3.63) is 33.9 Å². The first-order chi connectivity index (χ1) is 14.4. The van der Waals surface area contributed by atoms with Gasteiger partial charge >= 0.3 is 11.9 Å². The number of carbonyl (C=O) groups is 4. The quantitative estimate of drug-likeness (QED) is 0.0929. The van der Waals surface area contributed by atoms with E-state index in [0.717, 1.165) is 6.07 Å². The van der Waals surface area contributed by atoms with Crippen molar-refractivity contribution in [1.29, 1.82) is 0 Å². The van der Waals surface area contributed by atoms with Crippen LogP contribution < -0.4 is 22.1 Å². The molecule has 1 aromatic rings. The zero-order valence-electron chi connectivity index (χ0n) is 16.4. The molecule has 31 heavy (non-hydrogen) atoms. The van der Waals surface area contributed by atoms with Crippen LogP contribution in [0.4, 0.5) is 5.69 Å². The lowest BCUT2D eigenvalue weighted by Crippen LogP contribution is -2.46. The molecule has 8 N–H and O–H groups in total. The molecule has 170 valence electrons. The SMILES string of the molecule is CC(NC(=O)CC[C@H](N)C(=O)O)C(NCC(=O)O)=[SH]c1ccc(C(N)=O)cc1[N+](=O)[O-]. The number of carbonyl (C=O) groups excluding carboxylic acids is 2. The fourth-order valence-electron chi connectivity index (χ4n) is 2.29. The number of thiol groups is 1.